The van der Waals surface area contributed by atoms with E-state index in [2.05, 4.69) is 20.6 Å². The second kappa shape index (κ2) is 6.17. The number of hydrogen-bond acceptors (Lipinski definition) is 6. The van der Waals surface area contributed by atoms with Crippen LogP contribution < -0.4 is 10.6 Å². The van der Waals surface area contributed by atoms with E-state index in [0.29, 0.717) is 12.5 Å². The molecule has 0 atom stereocenters. The number of hydrogen-bond donors (Lipinski definition) is 2. The summed E-state index contributed by atoms with van der Waals surface area (Å²) in [5.74, 6) is 0.533. The van der Waals surface area contributed by atoms with Crippen LogP contribution in [0.5, 0.6) is 0 Å². The molecule has 0 aliphatic carbocycles. The molecule has 1 aromatic heterocycles. The fraction of sp³-hybridized carbons (Fsp3) is 0.286. The molecule has 0 spiro atoms. The fourth-order valence-corrected chi connectivity index (χ4v) is 2.03. The molecule has 0 unspecified atom stereocenters. The fourth-order valence-electron chi connectivity index (χ4n) is 2.03. The number of anilines is 3. The van der Waals surface area contributed by atoms with E-state index in [-0.39, 0.29) is 11.5 Å². The van der Waals surface area contributed by atoms with E-state index in [9.17, 15) is 10.1 Å². The summed E-state index contributed by atoms with van der Waals surface area (Å²) in [5, 5.41) is 17.0. The molecule has 0 aliphatic heterocycles. The predicted molar refractivity (Wildman–Crippen MR) is 82.0 cm³/mol. The number of nitro groups is 1. The van der Waals surface area contributed by atoms with Crippen LogP contribution in [0.15, 0.2) is 24.4 Å². The smallest absolute Gasteiger partial charge is 0.329 e. The summed E-state index contributed by atoms with van der Waals surface area (Å²) in [5.41, 5.74) is 2.75. The third-order valence-electron chi connectivity index (χ3n) is 2.79. The van der Waals surface area contributed by atoms with Gasteiger partial charge in [-0.3, -0.25) is 10.1 Å². The molecule has 0 bridgehead atoms. The van der Waals surface area contributed by atoms with Gasteiger partial charge in [-0.25, -0.2) is 4.98 Å². The van der Waals surface area contributed by atoms with E-state index in [1.165, 1.54) is 6.20 Å². The molecule has 1 heterocycles. The summed E-state index contributed by atoms with van der Waals surface area (Å²) in [6.45, 7) is 6.48. The van der Waals surface area contributed by atoms with Crippen molar-refractivity contribution in [3.8, 4) is 0 Å². The van der Waals surface area contributed by atoms with Gasteiger partial charge in [-0.2, -0.15) is 4.98 Å². The predicted octanol–water partition coefficient (Wildman–Crippen LogP) is 3.18. The van der Waals surface area contributed by atoms with Crippen LogP contribution in [0.2, 0.25) is 0 Å². The molecule has 0 saturated heterocycles. The first-order chi connectivity index (χ1) is 9.99. The van der Waals surface area contributed by atoms with Crippen molar-refractivity contribution in [1.29, 1.82) is 0 Å². The van der Waals surface area contributed by atoms with Crippen molar-refractivity contribution in [1.82, 2.24) is 9.97 Å². The van der Waals surface area contributed by atoms with Gasteiger partial charge in [0, 0.05) is 12.2 Å². The van der Waals surface area contributed by atoms with Crippen molar-refractivity contribution < 1.29 is 4.92 Å². The average Bonchev–Trinajstić information content (AvgIpc) is 2.37. The van der Waals surface area contributed by atoms with Crippen LogP contribution in [0, 0.1) is 24.0 Å². The van der Waals surface area contributed by atoms with Crippen molar-refractivity contribution in [2.24, 2.45) is 0 Å². The van der Waals surface area contributed by atoms with Gasteiger partial charge in [0.2, 0.25) is 11.8 Å². The molecule has 7 heteroatoms. The van der Waals surface area contributed by atoms with E-state index in [0.717, 1.165) is 16.8 Å². The van der Waals surface area contributed by atoms with Crippen LogP contribution in [-0.4, -0.2) is 21.4 Å². The van der Waals surface area contributed by atoms with Gasteiger partial charge in [0.1, 0.15) is 6.20 Å². The summed E-state index contributed by atoms with van der Waals surface area (Å²) in [7, 11) is 0. The normalized spacial score (nSPS) is 10.2. The zero-order chi connectivity index (χ0) is 15.4. The molecular formula is C14H17N5O2. The van der Waals surface area contributed by atoms with Crippen LogP contribution >= 0.6 is 0 Å². The molecular weight excluding hydrogens is 270 g/mol. The minimum Gasteiger partial charge on any atom is -0.354 e. The quantitative estimate of drug-likeness (QED) is 0.648. The van der Waals surface area contributed by atoms with Crippen molar-refractivity contribution in [2.75, 3.05) is 17.2 Å². The summed E-state index contributed by atoms with van der Waals surface area (Å²) >= 11 is 0. The highest BCUT2D eigenvalue weighted by Gasteiger charge is 2.17. The number of nitrogens with one attached hydrogen (secondary N) is 2. The van der Waals surface area contributed by atoms with Gasteiger partial charge in [0.15, 0.2) is 0 Å². The standard InChI is InChI=1S/C14H17N5O2/c1-4-15-14-16-8-12(19(20)21)13(18-14)17-11-6-9(2)5-10(3)7-11/h5-8H,4H2,1-3H3,(H2,15,16,17,18). The Balaban J connectivity index is 2.40. The Morgan fingerprint density at radius 2 is 1.90 bits per heavy atom. The van der Waals surface area contributed by atoms with Crippen LogP contribution in [0.1, 0.15) is 18.1 Å². The zero-order valence-electron chi connectivity index (χ0n) is 12.2. The third kappa shape index (κ3) is 3.65. The largest absolute Gasteiger partial charge is 0.354 e. The number of aromatic nitrogens is 2. The second-order valence-corrected chi connectivity index (χ2v) is 4.72. The summed E-state index contributed by atoms with van der Waals surface area (Å²) in [6, 6.07) is 5.85. The first-order valence-electron chi connectivity index (χ1n) is 6.60. The Morgan fingerprint density at radius 3 is 2.48 bits per heavy atom. The molecule has 0 aliphatic rings. The highest BCUT2D eigenvalue weighted by atomic mass is 16.6. The highest BCUT2D eigenvalue weighted by molar-refractivity contribution is 5.66. The Morgan fingerprint density at radius 1 is 1.24 bits per heavy atom. The summed E-state index contributed by atoms with van der Waals surface area (Å²) in [6.07, 6.45) is 1.20. The van der Waals surface area contributed by atoms with E-state index in [4.69, 9.17) is 0 Å². The number of benzene rings is 1. The number of rotatable bonds is 5. The molecule has 7 nitrogen and oxygen atoms in total. The van der Waals surface area contributed by atoms with E-state index in [1.807, 2.05) is 39.0 Å². The van der Waals surface area contributed by atoms with Crippen molar-refractivity contribution in [3.05, 3.63) is 45.6 Å². The van der Waals surface area contributed by atoms with Gasteiger partial charge < -0.3 is 10.6 Å². The number of nitrogens with zero attached hydrogens (tertiary/aromatic N) is 3. The lowest BCUT2D eigenvalue weighted by molar-refractivity contribution is -0.384. The molecule has 21 heavy (non-hydrogen) atoms. The van der Waals surface area contributed by atoms with Crippen molar-refractivity contribution in [2.45, 2.75) is 20.8 Å². The molecule has 0 radical (unpaired) electrons. The minimum absolute atomic E-state index is 0.157. The first-order valence-corrected chi connectivity index (χ1v) is 6.60. The second-order valence-electron chi connectivity index (χ2n) is 4.72. The van der Waals surface area contributed by atoms with Crippen LogP contribution in [0.3, 0.4) is 0 Å². The molecule has 2 aromatic rings. The lowest BCUT2D eigenvalue weighted by Crippen LogP contribution is -2.06. The Bertz CT molecular complexity index is 652. The van der Waals surface area contributed by atoms with Crippen LogP contribution in [0.25, 0.3) is 0 Å². The van der Waals surface area contributed by atoms with Gasteiger partial charge >= 0.3 is 5.69 Å². The van der Waals surface area contributed by atoms with Crippen molar-refractivity contribution in [3.63, 3.8) is 0 Å². The maximum atomic E-state index is 11.1. The minimum atomic E-state index is -0.499. The van der Waals surface area contributed by atoms with Crippen molar-refractivity contribution >= 4 is 23.1 Å². The lowest BCUT2D eigenvalue weighted by Gasteiger charge is -2.09. The maximum absolute atomic E-state index is 11.1. The Labute approximate surface area is 122 Å². The molecule has 1 aromatic carbocycles. The summed E-state index contributed by atoms with van der Waals surface area (Å²) < 4.78 is 0. The Kier molecular flexibility index (Phi) is 4.32. The molecule has 2 rings (SSSR count). The molecule has 0 fully saturated rings. The molecule has 2 N–H and O–H groups in total. The van der Waals surface area contributed by atoms with E-state index >= 15 is 0 Å². The Hall–Kier alpha value is -2.70. The number of aryl methyl sites for hydroxylation is 2. The van der Waals surface area contributed by atoms with E-state index in [1.54, 1.807) is 0 Å². The van der Waals surface area contributed by atoms with Gasteiger partial charge in [-0.15, -0.1) is 0 Å². The van der Waals surface area contributed by atoms with Gasteiger partial charge in [0.05, 0.1) is 4.92 Å². The van der Waals surface area contributed by atoms with Gasteiger partial charge in [-0.05, 0) is 44.0 Å². The van der Waals surface area contributed by atoms with Crippen LogP contribution in [0.4, 0.5) is 23.1 Å². The summed E-state index contributed by atoms with van der Waals surface area (Å²) in [4.78, 5) is 18.7. The van der Waals surface area contributed by atoms with Gasteiger partial charge in [-0.1, -0.05) is 6.07 Å². The molecule has 110 valence electrons. The maximum Gasteiger partial charge on any atom is 0.329 e. The molecule has 0 saturated carbocycles. The zero-order valence-corrected chi connectivity index (χ0v) is 12.2. The molecule has 0 amide bonds. The third-order valence-corrected chi connectivity index (χ3v) is 2.79. The topological polar surface area (TPSA) is 93.0 Å². The highest BCUT2D eigenvalue weighted by Crippen LogP contribution is 2.26. The SMILES string of the molecule is CCNc1ncc([N+](=O)[O-])c(Nc2cc(C)cc(C)c2)n1. The average molecular weight is 287 g/mol. The first kappa shape index (κ1) is 14.7. The van der Waals surface area contributed by atoms with Gasteiger partial charge in [0.25, 0.3) is 0 Å². The monoisotopic (exact) mass is 287 g/mol. The van der Waals surface area contributed by atoms with E-state index < -0.39 is 4.92 Å². The van der Waals surface area contributed by atoms with Crippen LogP contribution in [-0.2, 0) is 0 Å². The lowest BCUT2D eigenvalue weighted by atomic mass is 10.1.